The first kappa shape index (κ1) is 14.7. The van der Waals surface area contributed by atoms with Gasteiger partial charge in [-0.1, -0.05) is 6.92 Å². The molecule has 94 valence electrons. The fourth-order valence-electron chi connectivity index (χ4n) is 0.854. The van der Waals surface area contributed by atoms with E-state index in [1.807, 2.05) is 0 Å². The molecule has 4 nitrogen and oxygen atoms in total. The first-order valence-corrected chi connectivity index (χ1v) is 4.34. The van der Waals surface area contributed by atoms with Gasteiger partial charge in [-0.2, -0.15) is 8.78 Å². The highest BCUT2D eigenvalue weighted by molar-refractivity contribution is 5.83. The molecule has 0 saturated heterocycles. The highest BCUT2D eigenvalue weighted by Crippen LogP contribution is 2.22. The van der Waals surface area contributed by atoms with Crippen LogP contribution >= 0.6 is 0 Å². The van der Waals surface area contributed by atoms with Gasteiger partial charge in [-0.25, -0.2) is 8.78 Å². The molecule has 1 unspecified atom stereocenters. The van der Waals surface area contributed by atoms with Crippen LogP contribution in [0.2, 0.25) is 0 Å². The fourth-order valence-corrected chi connectivity index (χ4v) is 0.854. The monoisotopic (exact) mass is 245 g/mol. The Hall–Kier alpha value is -1.34. The van der Waals surface area contributed by atoms with Crippen molar-refractivity contribution in [3.8, 4) is 0 Å². The Balaban J connectivity index is 4.12. The summed E-state index contributed by atoms with van der Waals surface area (Å²) in [5.74, 6) is -8.62. The van der Waals surface area contributed by atoms with Crippen molar-refractivity contribution >= 4 is 11.9 Å². The number of aliphatic carboxylic acids is 1. The Morgan fingerprint density at radius 1 is 1.38 bits per heavy atom. The Kier molecular flexibility index (Phi) is 5.19. The van der Waals surface area contributed by atoms with E-state index in [2.05, 4.69) is 0 Å². The molecule has 0 saturated carbocycles. The van der Waals surface area contributed by atoms with Crippen LogP contribution in [0, 0.1) is 5.92 Å². The number of carboxylic acids is 1. The zero-order valence-corrected chi connectivity index (χ0v) is 8.34. The van der Waals surface area contributed by atoms with E-state index in [0.29, 0.717) is 0 Å². The van der Waals surface area contributed by atoms with Gasteiger partial charge in [0.2, 0.25) is 0 Å². The average Bonchev–Trinajstić information content (AvgIpc) is 2.12. The lowest BCUT2D eigenvalue weighted by molar-refractivity contribution is -0.169. The highest BCUT2D eigenvalue weighted by atomic mass is 19.3. The molecule has 0 aliphatic carbocycles. The number of rotatable bonds is 6. The van der Waals surface area contributed by atoms with Crippen LogP contribution < -0.4 is 5.32 Å². The summed E-state index contributed by atoms with van der Waals surface area (Å²) in [5, 5.41) is 9.89. The second-order valence-corrected chi connectivity index (χ2v) is 3.34. The molecule has 0 aromatic carbocycles. The van der Waals surface area contributed by atoms with Gasteiger partial charge in [0, 0.05) is 13.0 Å². The maximum Gasteiger partial charge on any atom is 0.383 e. The molecule has 0 radical (unpaired) electrons. The Labute approximate surface area is 88.6 Å². The molecule has 0 aromatic heterocycles. The summed E-state index contributed by atoms with van der Waals surface area (Å²) in [6, 6.07) is 0. The van der Waals surface area contributed by atoms with Crippen LogP contribution in [0.4, 0.5) is 17.6 Å². The van der Waals surface area contributed by atoms with E-state index >= 15 is 0 Å². The predicted molar refractivity (Wildman–Crippen MR) is 45.4 cm³/mol. The second-order valence-electron chi connectivity index (χ2n) is 3.34. The van der Waals surface area contributed by atoms with Crippen LogP contribution in [0.5, 0.6) is 0 Å². The Morgan fingerprint density at radius 2 is 1.88 bits per heavy atom. The first-order chi connectivity index (χ1) is 7.17. The zero-order chi connectivity index (χ0) is 12.9. The SMILES string of the molecule is CC(CNC(=O)C(F)(F)C(F)F)CC(=O)O. The van der Waals surface area contributed by atoms with Crippen LogP contribution in [0.3, 0.4) is 0 Å². The molecule has 1 amide bonds. The molecule has 0 aliphatic heterocycles. The third-order valence-electron chi connectivity index (χ3n) is 1.71. The van der Waals surface area contributed by atoms with E-state index in [0.717, 1.165) is 0 Å². The van der Waals surface area contributed by atoms with Gasteiger partial charge < -0.3 is 10.4 Å². The smallest absolute Gasteiger partial charge is 0.383 e. The van der Waals surface area contributed by atoms with Crippen molar-refractivity contribution in [1.82, 2.24) is 5.32 Å². The van der Waals surface area contributed by atoms with E-state index in [1.54, 1.807) is 5.32 Å². The number of carboxylic acid groups (broad SMARTS) is 1. The summed E-state index contributed by atoms with van der Waals surface area (Å²) in [4.78, 5) is 20.8. The maximum atomic E-state index is 12.4. The minimum absolute atomic E-state index is 0.347. The fraction of sp³-hybridized carbons (Fsp3) is 0.750. The Bertz CT molecular complexity index is 270. The largest absolute Gasteiger partial charge is 0.481 e. The third kappa shape index (κ3) is 4.45. The van der Waals surface area contributed by atoms with E-state index in [-0.39, 0.29) is 6.42 Å². The van der Waals surface area contributed by atoms with Crippen molar-refractivity contribution < 1.29 is 32.3 Å². The number of carbonyl (C=O) groups is 2. The molecule has 1 atom stereocenters. The average molecular weight is 245 g/mol. The topological polar surface area (TPSA) is 66.4 Å². The lowest BCUT2D eigenvalue weighted by Gasteiger charge is -2.16. The van der Waals surface area contributed by atoms with Crippen molar-refractivity contribution in [2.75, 3.05) is 6.54 Å². The highest BCUT2D eigenvalue weighted by Gasteiger charge is 2.48. The zero-order valence-electron chi connectivity index (χ0n) is 8.34. The van der Waals surface area contributed by atoms with Crippen LogP contribution in [0.1, 0.15) is 13.3 Å². The lowest BCUT2D eigenvalue weighted by atomic mass is 10.1. The van der Waals surface area contributed by atoms with Crippen molar-refractivity contribution in [3.05, 3.63) is 0 Å². The van der Waals surface area contributed by atoms with Gasteiger partial charge in [-0.15, -0.1) is 0 Å². The van der Waals surface area contributed by atoms with Gasteiger partial charge in [0.1, 0.15) is 0 Å². The molecule has 0 bridgehead atoms. The molecular weight excluding hydrogens is 234 g/mol. The van der Waals surface area contributed by atoms with Gasteiger partial charge in [0.15, 0.2) is 0 Å². The van der Waals surface area contributed by atoms with E-state index < -0.39 is 36.7 Å². The van der Waals surface area contributed by atoms with Crippen molar-refractivity contribution in [2.45, 2.75) is 25.7 Å². The molecule has 8 heteroatoms. The van der Waals surface area contributed by atoms with Crippen molar-refractivity contribution in [2.24, 2.45) is 5.92 Å². The molecule has 0 fully saturated rings. The number of halogens is 4. The summed E-state index contributed by atoms with van der Waals surface area (Å²) < 4.78 is 48.1. The first-order valence-electron chi connectivity index (χ1n) is 4.34. The normalized spacial score (nSPS) is 13.6. The second kappa shape index (κ2) is 5.66. The minimum atomic E-state index is -4.75. The third-order valence-corrected chi connectivity index (χ3v) is 1.71. The van der Waals surface area contributed by atoms with Gasteiger partial charge in [0.25, 0.3) is 5.91 Å². The number of alkyl halides is 4. The molecular formula is C8H11F4NO3. The quantitative estimate of drug-likeness (QED) is 0.689. The summed E-state index contributed by atoms with van der Waals surface area (Å²) in [6.07, 6.45) is -4.43. The van der Waals surface area contributed by atoms with Crippen LogP contribution in [0.15, 0.2) is 0 Å². The van der Waals surface area contributed by atoms with Crippen molar-refractivity contribution in [3.63, 3.8) is 0 Å². The number of nitrogens with one attached hydrogen (secondary N) is 1. The van der Waals surface area contributed by atoms with Crippen LogP contribution in [-0.4, -0.2) is 35.9 Å². The molecule has 0 spiro atoms. The number of carbonyl (C=O) groups excluding carboxylic acids is 1. The van der Waals surface area contributed by atoms with Gasteiger partial charge in [-0.05, 0) is 5.92 Å². The molecule has 2 N–H and O–H groups in total. The van der Waals surface area contributed by atoms with Crippen LogP contribution in [0.25, 0.3) is 0 Å². The summed E-state index contributed by atoms with van der Waals surface area (Å²) in [5.41, 5.74) is 0. The van der Waals surface area contributed by atoms with Gasteiger partial charge in [0.05, 0.1) is 0 Å². The van der Waals surface area contributed by atoms with Gasteiger partial charge >= 0.3 is 18.3 Å². The van der Waals surface area contributed by atoms with E-state index in [9.17, 15) is 27.2 Å². The molecule has 0 aromatic rings. The molecule has 0 aliphatic rings. The van der Waals surface area contributed by atoms with E-state index in [1.165, 1.54) is 6.92 Å². The van der Waals surface area contributed by atoms with Gasteiger partial charge in [-0.3, -0.25) is 9.59 Å². The van der Waals surface area contributed by atoms with Crippen LogP contribution in [-0.2, 0) is 9.59 Å². The number of amides is 1. The molecule has 16 heavy (non-hydrogen) atoms. The summed E-state index contributed by atoms with van der Waals surface area (Å²) in [6.45, 7) is 0.988. The number of hydrogen-bond donors (Lipinski definition) is 2. The van der Waals surface area contributed by atoms with Crippen molar-refractivity contribution in [1.29, 1.82) is 0 Å². The molecule has 0 rings (SSSR count). The Morgan fingerprint density at radius 3 is 2.25 bits per heavy atom. The molecule has 0 heterocycles. The van der Waals surface area contributed by atoms with E-state index in [4.69, 9.17) is 5.11 Å². The summed E-state index contributed by atoms with van der Waals surface area (Å²) >= 11 is 0. The number of hydrogen-bond acceptors (Lipinski definition) is 2. The summed E-state index contributed by atoms with van der Waals surface area (Å²) in [7, 11) is 0. The predicted octanol–water partition coefficient (Wildman–Crippen LogP) is 1.11. The minimum Gasteiger partial charge on any atom is -0.481 e. The lowest BCUT2D eigenvalue weighted by Crippen LogP contribution is -2.46. The maximum absolute atomic E-state index is 12.4. The standard InChI is InChI=1S/C8H11F4NO3/c1-4(2-5(14)15)3-13-7(16)8(11,12)6(9)10/h4,6H,2-3H2,1H3,(H,13,16)(H,14,15).